The Bertz CT molecular complexity index is 417. The molecule has 0 saturated heterocycles. The first-order chi connectivity index (χ1) is 7.66. The fraction of sp³-hybridized carbons (Fsp3) is 0.429. The van der Waals surface area contributed by atoms with Crippen molar-refractivity contribution in [2.75, 3.05) is 0 Å². The Balaban J connectivity index is 2.16. The van der Waals surface area contributed by atoms with Gasteiger partial charge >= 0.3 is 0 Å². The summed E-state index contributed by atoms with van der Waals surface area (Å²) in [4.78, 5) is 16.3. The highest BCUT2D eigenvalue weighted by Crippen LogP contribution is 2.25. The van der Waals surface area contributed by atoms with E-state index in [-0.39, 0.29) is 5.78 Å². The van der Waals surface area contributed by atoms with Gasteiger partial charge in [-0.05, 0) is 49.8 Å². The van der Waals surface area contributed by atoms with Crippen molar-refractivity contribution >= 4 is 5.78 Å². The molecule has 0 fully saturated rings. The molecule has 1 aromatic heterocycles. The lowest BCUT2D eigenvalue weighted by Gasteiger charge is -2.17. The van der Waals surface area contributed by atoms with Gasteiger partial charge in [0.15, 0.2) is 5.78 Å². The summed E-state index contributed by atoms with van der Waals surface area (Å²) in [7, 11) is 0. The largest absolute Gasteiger partial charge is 0.289 e. The summed E-state index contributed by atoms with van der Waals surface area (Å²) in [5, 5.41) is 0. The molecule has 1 atom stereocenters. The van der Waals surface area contributed by atoms with Crippen LogP contribution in [0.25, 0.3) is 0 Å². The Morgan fingerprint density at radius 3 is 2.81 bits per heavy atom. The minimum absolute atomic E-state index is 0.152. The summed E-state index contributed by atoms with van der Waals surface area (Å²) in [6, 6.07) is 3.75. The summed E-state index contributed by atoms with van der Waals surface area (Å²) in [5.74, 6) is 0.868. The molecule has 0 bridgehead atoms. The first-order valence-corrected chi connectivity index (χ1v) is 5.83. The number of nitrogens with zero attached hydrogens (tertiary/aromatic N) is 1. The second kappa shape index (κ2) is 4.60. The maximum absolute atomic E-state index is 12.1. The SMILES string of the molecule is Cc1ccc(C(=O)C2=CCC(C)CC2)cn1. The smallest absolute Gasteiger partial charge is 0.190 e. The Morgan fingerprint density at radius 2 is 2.25 bits per heavy atom. The Kier molecular flexibility index (Phi) is 3.18. The molecule has 2 nitrogen and oxygen atoms in total. The van der Waals surface area contributed by atoms with Gasteiger partial charge in [-0.15, -0.1) is 0 Å². The van der Waals surface area contributed by atoms with Crippen molar-refractivity contribution in [3.8, 4) is 0 Å². The lowest BCUT2D eigenvalue weighted by molar-refractivity contribution is 0.102. The van der Waals surface area contributed by atoms with Gasteiger partial charge in [0.25, 0.3) is 0 Å². The van der Waals surface area contributed by atoms with Gasteiger partial charge in [-0.2, -0.15) is 0 Å². The van der Waals surface area contributed by atoms with Crippen molar-refractivity contribution in [1.29, 1.82) is 0 Å². The van der Waals surface area contributed by atoms with Gasteiger partial charge in [-0.25, -0.2) is 0 Å². The van der Waals surface area contributed by atoms with Crippen LogP contribution in [0.1, 0.15) is 42.2 Å². The van der Waals surface area contributed by atoms with Crippen molar-refractivity contribution in [2.45, 2.75) is 33.1 Å². The van der Waals surface area contributed by atoms with E-state index in [9.17, 15) is 4.79 Å². The maximum Gasteiger partial charge on any atom is 0.190 e. The van der Waals surface area contributed by atoms with Crippen LogP contribution in [0.4, 0.5) is 0 Å². The normalized spacial score (nSPS) is 20.4. The van der Waals surface area contributed by atoms with Crippen LogP contribution in [0.2, 0.25) is 0 Å². The number of ketones is 1. The second-order valence-corrected chi connectivity index (χ2v) is 4.63. The van der Waals surface area contributed by atoms with Crippen LogP contribution in [0, 0.1) is 12.8 Å². The predicted molar refractivity (Wildman–Crippen MR) is 64.4 cm³/mol. The molecule has 2 rings (SSSR count). The van der Waals surface area contributed by atoms with Gasteiger partial charge in [0, 0.05) is 17.5 Å². The van der Waals surface area contributed by atoms with E-state index in [2.05, 4.69) is 18.0 Å². The van der Waals surface area contributed by atoms with Gasteiger partial charge < -0.3 is 0 Å². The minimum Gasteiger partial charge on any atom is -0.289 e. The fourth-order valence-electron chi connectivity index (χ4n) is 1.96. The van der Waals surface area contributed by atoms with Crippen molar-refractivity contribution in [3.63, 3.8) is 0 Å². The summed E-state index contributed by atoms with van der Waals surface area (Å²) < 4.78 is 0. The van der Waals surface area contributed by atoms with Gasteiger partial charge in [-0.3, -0.25) is 9.78 Å². The molecule has 0 aliphatic heterocycles. The molecule has 0 saturated carbocycles. The Hall–Kier alpha value is -1.44. The van der Waals surface area contributed by atoms with E-state index in [1.165, 1.54) is 0 Å². The average Bonchev–Trinajstić information content (AvgIpc) is 2.30. The van der Waals surface area contributed by atoms with Crippen LogP contribution in [-0.4, -0.2) is 10.8 Å². The molecule has 16 heavy (non-hydrogen) atoms. The minimum atomic E-state index is 0.152. The van der Waals surface area contributed by atoms with Gasteiger partial charge in [0.1, 0.15) is 0 Å². The molecule has 1 heterocycles. The number of carbonyl (C=O) groups excluding carboxylic acids is 1. The first kappa shape index (κ1) is 11.1. The van der Waals surface area contributed by atoms with Gasteiger partial charge in [-0.1, -0.05) is 13.0 Å². The van der Waals surface area contributed by atoms with E-state index in [1.54, 1.807) is 6.20 Å². The highest BCUT2D eigenvalue weighted by atomic mass is 16.1. The molecule has 0 amide bonds. The highest BCUT2D eigenvalue weighted by molar-refractivity contribution is 6.08. The topological polar surface area (TPSA) is 30.0 Å². The van der Waals surface area contributed by atoms with Gasteiger partial charge in [0.2, 0.25) is 0 Å². The van der Waals surface area contributed by atoms with Crippen molar-refractivity contribution in [3.05, 3.63) is 41.2 Å². The zero-order valence-corrected chi connectivity index (χ0v) is 9.86. The first-order valence-electron chi connectivity index (χ1n) is 5.83. The molecular weight excluding hydrogens is 198 g/mol. The third-order valence-electron chi connectivity index (χ3n) is 3.14. The average molecular weight is 215 g/mol. The summed E-state index contributed by atoms with van der Waals surface area (Å²) in [6.07, 6.45) is 6.83. The number of aryl methyl sites for hydroxylation is 1. The van der Waals surface area contributed by atoms with Crippen LogP contribution in [0.3, 0.4) is 0 Å². The van der Waals surface area contributed by atoms with Crippen LogP contribution in [0.5, 0.6) is 0 Å². The summed E-state index contributed by atoms with van der Waals surface area (Å²) in [6.45, 7) is 4.15. The fourth-order valence-corrected chi connectivity index (χ4v) is 1.96. The van der Waals surface area contributed by atoms with Crippen LogP contribution in [0.15, 0.2) is 30.0 Å². The van der Waals surface area contributed by atoms with E-state index >= 15 is 0 Å². The Morgan fingerprint density at radius 1 is 1.44 bits per heavy atom. The van der Waals surface area contributed by atoms with Crippen molar-refractivity contribution in [2.24, 2.45) is 5.92 Å². The van der Waals surface area contributed by atoms with Crippen LogP contribution in [-0.2, 0) is 0 Å². The highest BCUT2D eigenvalue weighted by Gasteiger charge is 2.17. The molecule has 1 unspecified atom stereocenters. The number of aromatic nitrogens is 1. The molecule has 1 aliphatic rings. The predicted octanol–water partition coefficient (Wildman–Crippen LogP) is 3.32. The number of allylic oxidation sites excluding steroid dienone is 2. The molecule has 0 spiro atoms. The molecule has 0 radical (unpaired) electrons. The Labute approximate surface area is 96.4 Å². The number of hydrogen-bond donors (Lipinski definition) is 0. The zero-order chi connectivity index (χ0) is 11.5. The zero-order valence-electron chi connectivity index (χ0n) is 9.86. The molecule has 1 aliphatic carbocycles. The van der Waals surface area contributed by atoms with Crippen molar-refractivity contribution < 1.29 is 4.79 Å². The van der Waals surface area contributed by atoms with Crippen LogP contribution < -0.4 is 0 Å². The molecular formula is C14H17NO. The third-order valence-corrected chi connectivity index (χ3v) is 3.14. The van der Waals surface area contributed by atoms with Gasteiger partial charge in [0.05, 0.1) is 0 Å². The van der Waals surface area contributed by atoms with E-state index in [1.807, 2.05) is 19.1 Å². The maximum atomic E-state index is 12.1. The number of rotatable bonds is 2. The number of pyridine rings is 1. The van der Waals surface area contributed by atoms with Crippen LogP contribution >= 0.6 is 0 Å². The molecule has 0 N–H and O–H groups in total. The van der Waals surface area contributed by atoms with E-state index in [0.717, 1.165) is 30.5 Å². The number of carbonyl (C=O) groups is 1. The van der Waals surface area contributed by atoms with Crippen molar-refractivity contribution in [1.82, 2.24) is 4.98 Å². The standard InChI is InChI=1S/C14H17NO/c1-10-3-6-12(7-4-10)14(16)13-8-5-11(2)15-9-13/h5-6,8-10H,3-4,7H2,1-2H3. The van der Waals surface area contributed by atoms with E-state index in [4.69, 9.17) is 0 Å². The van der Waals surface area contributed by atoms with E-state index in [0.29, 0.717) is 11.5 Å². The third kappa shape index (κ3) is 2.38. The summed E-state index contributed by atoms with van der Waals surface area (Å²) in [5.41, 5.74) is 2.62. The molecule has 84 valence electrons. The lowest BCUT2D eigenvalue weighted by Crippen LogP contribution is -2.10. The lowest BCUT2D eigenvalue weighted by atomic mass is 9.88. The molecule has 2 heteroatoms. The monoisotopic (exact) mass is 215 g/mol. The van der Waals surface area contributed by atoms with E-state index < -0.39 is 0 Å². The molecule has 0 aromatic carbocycles. The summed E-state index contributed by atoms with van der Waals surface area (Å²) >= 11 is 0. The second-order valence-electron chi connectivity index (χ2n) is 4.63. The number of hydrogen-bond acceptors (Lipinski definition) is 2. The quantitative estimate of drug-likeness (QED) is 0.708. The number of Topliss-reactive ketones (excluding diaryl/α,β-unsaturated/α-hetero) is 1. The molecule has 1 aromatic rings.